The van der Waals surface area contributed by atoms with Crippen molar-refractivity contribution < 1.29 is 4.79 Å². The molecule has 0 fully saturated rings. The number of nitriles is 1. The van der Waals surface area contributed by atoms with E-state index in [4.69, 9.17) is 5.26 Å². The van der Waals surface area contributed by atoms with E-state index in [0.29, 0.717) is 17.7 Å². The normalized spacial score (nSPS) is 10.0. The topological polar surface area (TPSA) is 52.9 Å². The molecule has 3 nitrogen and oxygen atoms in total. The van der Waals surface area contributed by atoms with Crippen LogP contribution in [0, 0.1) is 11.3 Å². The SMILES string of the molecule is N#Cc1cc(Br)ccc1NC(=O)CCCc1cccs1. The number of nitrogens with one attached hydrogen (secondary N) is 1. The summed E-state index contributed by atoms with van der Waals surface area (Å²) in [6.07, 6.45) is 2.18. The highest BCUT2D eigenvalue weighted by Gasteiger charge is 2.07. The standard InChI is InChI=1S/C15H13BrN2OS/c16-12-6-7-14(11(9-12)10-17)18-15(19)5-1-3-13-4-2-8-20-13/h2,4,6-9H,1,3,5H2,(H,18,19). The van der Waals surface area contributed by atoms with Crippen molar-refractivity contribution in [2.45, 2.75) is 19.3 Å². The van der Waals surface area contributed by atoms with Crippen molar-refractivity contribution in [2.24, 2.45) is 0 Å². The van der Waals surface area contributed by atoms with Crippen molar-refractivity contribution in [3.63, 3.8) is 0 Å². The van der Waals surface area contributed by atoms with E-state index in [2.05, 4.69) is 33.4 Å². The summed E-state index contributed by atoms with van der Waals surface area (Å²) in [6.45, 7) is 0. The third kappa shape index (κ3) is 4.19. The van der Waals surface area contributed by atoms with Crippen LogP contribution in [0.2, 0.25) is 0 Å². The lowest BCUT2D eigenvalue weighted by Crippen LogP contribution is -2.12. The average molecular weight is 349 g/mol. The number of anilines is 1. The van der Waals surface area contributed by atoms with Crippen LogP contribution in [-0.2, 0) is 11.2 Å². The van der Waals surface area contributed by atoms with Crippen LogP contribution in [0.15, 0.2) is 40.2 Å². The van der Waals surface area contributed by atoms with Gasteiger partial charge in [0.15, 0.2) is 0 Å². The van der Waals surface area contributed by atoms with E-state index in [0.717, 1.165) is 17.3 Å². The lowest BCUT2D eigenvalue weighted by atomic mass is 10.1. The molecule has 0 aliphatic heterocycles. The fourth-order valence-electron chi connectivity index (χ4n) is 1.81. The number of benzene rings is 1. The van der Waals surface area contributed by atoms with Gasteiger partial charge in [0.05, 0.1) is 11.3 Å². The number of carbonyl (C=O) groups excluding carboxylic acids is 1. The van der Waals surface area contributed by atoms with Gasteiger partial charge in [-0.3, -0.25) is 4.79 Å². The van der Waals surface area contributed by atoms with Gasteiger partial charge in [0.1, 0.15) is 6.07 Å². The van der Waals surface area contributed by atoms with Gasteiger partial charge in [0.25, 0.3) is 0 Å². The van der Waals surface area contributed by atoms with E-state index in [-0.39, 0.29) is 5.91 Å². The van der Waals surface area contributed by atoms with E-state index in [1.54, 1.807) is 23.5 Å². The molecule has 0 atom stereocenters. The molecule has 1 heterocycles. The Hall–Kier alpha value is -1.64. The lowest BCUT2D eigenvalue weighted by Gasteiger charge is -2.07. The summed E-state index contributed by atoms with van der Waals surface area (Å²) < 4.78 is 0.824. The second kappa shape index (κ2) is 7.22. The third-order valence-corrected chi connectivity index (χ3v) is 4.21. The molecule has 0 aliphatic rings. The molecule has 1 amide bonds. The van der Waals surface area contributed by atoms with Gasteiger partial charge in [-0.15, -0.1) is 11.3 Å². The molecule has 0 saturated heterocycles. The molecule has 102 valence electrons. The van der Waals surface area contributed by atoms with Gasteiger partial charge >= 0.3 is 0 Å². The first-order valence-corrected chi connectivity index (χ1v) is 7.88. The molecule has 1 N–H and O–H groups in total. The van der Waals surface area contributed by atoms with Gasteiger partial charge in [-0.1, -0.05) is 22.0 Å². The van der Waals surface area contributed by atoms with Crippen LogP contribution in [0.25, 0.3) is 0 Å². The number of thiophene rings is 1. The van der Waals surface area contributed by atoms with E-state index >= 15 is 0 Å². The maximum Gasteiger partial charge on any atom is 0.224 e. The smallest absolute Gasteiger partial charge is 0.224 e. The second-order valence-electron chi connectivity index (χ2n) is 4.28. The van der Waals surface area contributed by atoms with Crippen LogP contribution in [0.1, 0.15) is 23.3 Å². The molecule has 0 saturated carbocycles. The number of carbonyl (C=O) groups is 1. The van der Waals surface area contributed by atoms with Gasteiger partial charge in [0, 0.05) is 15.8 Å². The van der Waals surface area contributed by atoms with Crippen molar-refractivity contribution in [3.8, 4) is 6.07 Å². The number of aryl methyl sites for hydroxylation is 1. The molecule has 2 rings (SSSR count). The lowest BCUT2D eigenvalue weighted by molar-refractivity contribution is -0.116. The van der Waals surface area contributed by atoms with Crippen LogP contribution in [0.5, 0.6) is 0 Å². The molecule has 0 bridgehead atoms. The maximum absolute atomic E-state index is 11.9. The molecular weight excluding hydrogens is 336 g/mol. The predicted molar refractivity (Wildman–Crippen MR) is 84.7 cm³/mol. The van der Waals surface area contributed by atoms with Gasteiger partial charge in [0.2, 0.25) is 5.91 Å². The Balaban J connectivity index is 1.87. The Morgan fingerprint density at radius 1 is 1.40 bits per heavy atom. The zero-order valence-electron chi connectivity index (χ0n) is 10.7. The summed E-state index contributed by atoms with van der Waals surface area (Å²) in [5, 5.41) is 13.9. The quantitative estimate of drug-likeness (QED) is 0.873. The minimum Gasteiger partial charge on any atom is -0.325 e. The van der Waals surface area contributed by atoms with Crippen LogP contribution < -0.4 is 5.32 Å². The summed E-state index contributed by atoms with van der Waals surface area (Å²) in [7, 11) is 0. The highest BCUT2D eigenvalue weighted by molar-refractivity contribution is 9.10. The van der Waals surface area contributed by atoms with Gasteiger partial charge in [-0.05, 0) is 42.5 Å². The van der Waals surface area contributed by atoms with Crippen LogP contribution in [-0.4, -0.2) is 5.91 Å². The number of halogens is 1. The summed E-state index contributed by atoms with van der Waals surface area (Å²) >= 11 is 5.01. The van der Waals surface area contributed by atoms with Crippen molar-refractivity contribution in [1.29, 1.82) is 5.26 Å². The van der Waals surface area contributed by atoms with Crippen molar-refractivity contribution in [2.75, 3.05) is 5.32 Å². The van der Waals surface area contributed by atoms with E-state index in [1.165, 1.54) is 4.88 Å². The number of amides is 1. The molecule has 0 aliphatic carbocycles. The number of hydrogen-bond acceptors (Lipinski definition) is 3. The molecule has 0 spiro atoms. The molecule has 1 aromatic heterocycles. The summed E-state index contributed by atoms with van der Waals surface area (Å²) in [5.74, 6) is -0.0552. The monoisotopic (exact) mass is 348 g/mol. The molecule has 5 heteroatoms. The number of rotatable bonds is 5. The van der Waals surface area contributed by atoms with Crippen LogP contribution >= 0.6 is 27.3 Å². The minimum absolute atomic E-state index is 0.0552. The van der Waals surface area contributed by atoms with Gasteiger partial charge in [-0.25, -0.2) is 0 Å². The number of hydrogen-bond donors (Lipinski definition) is 1. The highest BCUT2D eigenvalue weighted by atomic mass is 79.9. The first-order chi connectivity index (χ1) is 9.69. The first-order valence-electron chi connectivity index (χ1n) is 6.21. The van der Waals surface area contributed by atoms with Gasteiger partial charge in [-0.2, -0.15) is 5.26 Å². The summed E-state index contributed by atoms with van der Waals surface area (Å²) in [6, 6.07) is 11.4. The largest absolute Gasteiger partial charge is 0.325 e. The fraction of sp³-hybridized carbons (Fsp3) is 0.200. The Morgan fingerprint density at radius 3 is 2.95 bits per heavy atom. The second-order valence-corrected chi connectivity index (χ2v) is 6.23. The molecule has 1 aromatic carbocycles. The Bertz CT molecular complexity index is 632. The zero-order chi connectivity index (χ0) is 14.4. The predicted octanol–water partition coefficient (Wildman–Crippen LogP) is 4.34. The number of nitrogens with zero attached hydrogens (tertiary/aromatic N) is 1. The Labute approximate surface area is 130 Å². The third-order valence-electron chi connectivity index (χ3n) is 2.78. The highest BCUT2D eigenvalue weighted by Crippen LogP contribution is 2.20. The summed E-state index contributed by atoms with van der Waals surface area (Å²) in [5.41, 5.74) is 1.03. The van der Waals surface area contributed by atoms with E-state index in [9.17, 15) is 4.79 Å². The Morgan fingerprint density at radius 2 is 2.25 bits per heavy atom. The van der Waals surface area contributed by atoms with Crippen molar-refractivity contribution in [3.05, 3.63) is 50.6 Å². The molecule has 0 unspecified atom stereocenters. The van der Waals surface area contributed by atoms with Crippen LogP contribution in [0.4, 0.5) is 5.69 Å². The van der Waals surface area contributed by atoms with Crippen LogP contribution in [0.3, 0.4) is 0 Å². The molecular formula is C15H13BrN2OS. The maximum atomic E-state index is 11.9. The molecule has 2 aromatic rings. The molecule has 20 heavy (non-hydrogen) atoms. The first kappa shape index (κ1) is 14.8. The molecule has 0 radical (unpaired) electrons. The fourth-order valence-corrected chi connectivity index (χ4v) is 2.92. The van der Waals surface area contributed by atoms with Crippen molar-refractivity contribution >= 4 is 38.9 Å². The Kier molecular flexibility index (Phi) is 5.33. The van der Waals surface area contributed by atoms with Gasteiger partial charge < -0.3 is 5.32 Å². The van der Waals surface area contributed by atoms with Crippen molar-refractivity contribution in [1.82, 2.24) is 0 Å². The zero-order valence-corrected chi connectivity index (χ0v) is 13.1. The van der Waals surface area contributed by atoms with E-state index in [1.807, 2.05) is 17.5 Å². The van der Waals surface area contributed by atoms with E-state index < -0.39 is 0 Å². The minimum atomic E-state index is -0.0552. The summed E-state index contributed by atoms with van der Waals surface area (Å²) in [4.78, 5) is 13.2. The average Bonchev–Trinajstić information content (AvgIpc) is 2.94.